The van der Waals surface area contributed by atoms with E-state index in [0.717, 1.165) is 10.1 Å². The smallest absolute Gasteiger partial charge is 0.331 e. The average molecular weight is 284 g/mol. The molecule has 0 saturated carbocycles. The molecule has 0 spiro atoms. The van der Waals surface area contributed by atoms with Crippen LogP contribution in [0.25, 0.3) is 11.1 Å². The molecule has 0 amide bonds. The topological polar surface area (TPSA) is 75.1 Å². The Bertz CT molecular complexity index is 835. The van der Waals surface area contributed by atoms with E-state index in [2.05, 4.69) is 16.8 Å². The van der Waals surface area contributed by atoms with Gasteiger partial charge < -0.3 is 5.11 Å². The molecule has 1 aromatic carbocycles. The Morgan fingerprint density at radius 1 is 1.29 bits per heavy atom. The Hall–Kier alpha value is -2.74. The lowest BCUT2D eigenvalue weighted by atomic mass is 10.0. The molecule has 2 N–H and O–H groups in total. The highest BCUT2D eigenvalue weighted by Crippen LogP contribution is 2.26. The van der Waals surface area contributed by atoms with Gasteiger partial charge in [-0.3, -0.25) is 14.3 Å². The number of hydrogen-bond acceptors (Lipinski definition) is 3. The largest absolute Gasteiger partial charge is 0.494 e. The minimum atomic E-state index is -0.632. The van der Waals surface area contributed by atoms with E-state index in [0.29, 0.717) is 12.0 Å². The molecule has 0 aliphatic rings. The number of nitrogens with one attached hydrogen (secondary N) is 1. The van der Waals surface area contributed by atoms with Crippen LogP contribution in [0.5, 0.6) is 5.88 Å². The van der Waals surface area contributed by atoms with Crippen molar-refractivity contribution in [2.24, 2.45) is 0 Å². The number of nitrogens with zero attached hydrogens (tertiary/aromatic N) is 1. The number of benzene rings is 1. The zero-order valence-electron chi connectivity index (χ0n) is 11.9. The molecule has 5 nitrogen and oxygen atoms in total. The van der Waals surface area contributed by atoms with Crippen LogP contribution in [0.15, 0.2) is 33.9 Å². The predicted molar refractivity (Wildman–Crippen MR) is 81.2 cm³/mol. The maximum absolute atomic E-state index is 12.0. The van der Waals surface area contributed by atoms with E-state index in [-0.39, 0.29) is 18.0 Å². The van der Waals surface area contributed by atoms with Crippen LogP contribution >= 0.6 is 0 Å². The van der Waals surface area contributed by atoms with Gasteiger partial charge in [0.15, 0.2) is 0 Å². The number of aromatic hydroxyl groups is 1. The zero-order valence-corrected chi connectivity index (χ0v) is 11.9. The van der Waals surface area contributed by atoms with E-state index in [1.54, 1.807) is 19.1 Å². The van der Waals surface area contributed by atoms with Crippen LogP contribution in [0.1, 0.15) is 18.9 Å². The van der Waals surface area contributed by atoms with Crippen molar-refractivity contribution < 1.29 is 5.11 Å². The van der Waals surface area contributed by atoms with Gasteiger partial charge in [0.05, 0.1) is 0 Å². The first-order valence-corrected chi connectivity index (χ1v) is 6.58. The first kappa shape index (κ1) is 14.7. The molecule has 0 aliphatic carbocycles. The van der Waals surface area contributed by atoms with Crippen molar-refractivity contribution >= 4 is 0 Å². The van der Waals surface area contributed by atoms with Gasteiger partial charge in [0.2, 0.25) is 5.88 Å². The quantitative estimate of drug-likeness (QED) is 0.841. The molecule has 0 saturated heterocycles. The molecule has 21 heavy (non-hydrogen) atoms. The molecule has 0 radical (unpaired) electrons. The molecule has 0 atom stereocenters. The van der Waals surface area contributed by atoms with E-state index in [1.165, 1.54) is 0 Å². The second-order valence-electron chi connectivity index (χ2n) is 4.60. The Morgan fingerprint density at radius 2 is 2.00 bits per heavy atom. The second kappa shape index (κ2) is 6.14. The summed E-state index contributed by atoms with van der Waals surface area (Å²) in [5.41, 5.74) is 0.331. The van der Waals surface area contributed by atoms with Crippen LogP contribution < -0.4 is 11.2 Å². The summed E-state index contributed by atoms with van der Waals surface area (Å²) in [5, 5.41) is 10.3. The molecule has 0 fully saturated rings. The van der Waals surface area contributed by atoms with Gasteiger partial charge in [-0.1, -0.05) is 24.3 Å². The minimum absolute atomic E-state index is 0.108. The Kier molecular flexibility index (Phi) is 4.29. The van der Waals surface area contributed by atoms with Crippen molar-refractivity contribution in [2.45, 2.75) is 26.8 Å². The monoisotopic (exact) mass is 284 g/mol. The van der Waals surface area contributed by atoms with Crippen molar-refractivity contribution in [3.8, 4) is 28.8 Å². The number of rotatable bonds is 3. The van der Waals surface area contributed by atoms with Crippen LogP contribution in [0.2, 0.25) is 0 Å². The number of aromatic amines is 1. The van der Waals surface area contributed by atoms with Gasteiger partial charge >= 0.3 is 5.69 Å². The maximum atomic E-state index is 12.0. The summed E-state index contributed by atoms with van der Waals surface area (Å²) in [6.07, 6.45) is 0.420. The highest BCUT2D eigenvalue weighted by Gasteiger charge is 2.16. The molecule has 0 unspecified atom stereocenters. The second-order valence-corrected chi connectivity index (χ2v) is 4.60. The molecule has 2 aromatic rings. The van der Waals surface area contributed by atoms with Crippen LogP contribution in [0.4, 0.5) is 0 Å². The lowest BCUT2D eigenvalue weighted by molar-refractivity contribution is 0.404. The van der Waals surface area contributed by atoms with E-state index < -0.39 is 11.2 Å². The fourth-order valence-corrected chi connectivity index (χ4v) is 2.16. The fourth-order valence-electron chi connectivity index (χ4n) is 2.16. The van der Waals surface area contributed by atoms with Gasteiger partial charge in [-0.25, -0.2) is 4.79 Å². The molecule has 2 rings (SSSR count). The highest BCUT2D eigenvalue weighted by molar-refractivity contribution is 5.70. The summed E-state index contributed by atoms with van der Waals surface area (Å²) in [4.78, 5) is 26.1. The number of H-pyrrole nitrogens is 1. The van der Waals surface area contributed by atoms with E-state index >= 15 is 0 Å². The van der Waals surface area contributed by atoms with Crippen molar-refractivity contribution in [1.29, 1.82) is 0 Å². The zero-order chi connectivity index (χ0) is 15.4. The number of aryl methyl sites for hydroxylation is 1. The van der Waals surface area contributed by atoms with Crippen molar-refractivity contribution in [2.75, 3.05) is 0 Å². The van der Waals surface area contributed by atoms with Gasteiger partial charge in [-0.05, 0) is 25.0 Å². The number of hydrogen-bond donors (Lipinski definition) is 2. The van der Waals surface area contributed by atoms with Gasteiger partial charge in [-0.15, -0.1) is 11.8 Å². The van der Waals surface area contributed by atoms with E-state index in [4.69, 9.17) is 0 Å². The summed E-state index contributed by atoms with van der Waals surface area (Å²) in [6.45, 7) is 3.77. The lowest BCUT2D eigenvalue weighted by Gasteiger charge is -2.11. The third-order valence-electron chi connectivity index (χ3n) is 3.22. The first-order valence-electron chi connectivity index (χ1n) is 6.58. The summed E-state index contributed by atoms with van der Waals surface area (Å²) in [7, 11) is 0. The summed E-state index contributed by atoms with van der Waals surface area (Å²) in [5.74, 6) is 5.23. The molecule has 1 heterocycles. The van der Waals surface area contributed by atoms with Crippen LogP contribution in [-0.4, -0.2) is 14.7 Å². The lowest BCUT2D eigenvalue weighted by Crippen LogP contribution is -2.31. The summed E-state index contributed by atoms with van der Waals surface area (Å²) >= 11 is 0. The summed E-state index contributed by atoms with van der Waals surface area (Å²) in [6, 6.07) is 7.20. The highest BCUT2D eigenvalue weighted by atomic mass is 16.3. The average Bonchev–Trinajstić information content (AvgIpc) is 2.44. The molecule has 1 aromatic heterocycles. The molecular formula is C16H16N2O3. The molecular weight excluding hydrogens is 268 g/mol. The van der Waals surface area contributed by atoms with Crippen molar-refractivity contribution in [1.82, 2.24) is 9.55 Å². The Morgan fingerprint density at radius 3 is 2.67 bits per heavy atom. The normalized spacial score (nSPS) is 10.0. The predicted octanol–water partition coefficient (Wildman–Crippen LogP) is 1.63. The maximum Gasteiger partial charge on any atom is 0.331 e. The van der Waals surface area contributed by atoms with Gasteiger partial charge in [0.25, 0.3) is 5.56 Å². The van der Waals surface area contributed by atoms with Crippen molar-refractivity contribution in [3.05, 3.63) is 50.7 Å². The van der Waals surface area contributed by atoms with E-state index in [1.807, 2.05) is 19.1 Å². The summed E-state index contributed by atoms with van der Waals surface area (Å²) < 4.78 is 1.13. The van der Waals surface area contributed by atoms with Gasteiger partial charge in [-0.2, -0.15) is 0 Å². The van der Waals surface area contributed by atoms with Crippen molar-refractivity contribution in [3.63, 3.8) is 0 Å². The van der Waals surface area contributed by atoms with Crippen LogP contribution in [0, 0.1) is 18.8 Å². The van der Waals surface area contributed by atoms with E-state index in [9.17, 15) is 14.7 Å². The molecule has 0 bridgehead atoms. The van der Waals surface area contributed by atoms with Crippen LogP contribution in [-0.2, 0) is 6.54 Å². The first-order chi connectivity index (χ1) is 10.1. The Labute approximate surface area is 121 Å². The molecule has 108 valence electrons. The fraction of sp³-hybridized carbons (Fsp3) is 0.250. The van der Waals surface area contributed by atoms with Gasteiger partial charge in [0, 0.05) is 13.0 Å². The van der Waals surface area contributed by atoms with Gasteiger partial charge in [0.1, 0.15) is 5.56 Å². The SMILES string of the molecule is CC#CCCn1c(O)c(-c2ccccc2C)c(=O)[nH]c1=O. The third-order valence-corrected chi connectivity index (χ3v) is 3.22. The standard InChI is InChI=1S/C16H16N2O3/c1-3-4-7-10-18-15(20)13(14(19)17-16(18)21)12-9-6-5-8-11(12)2/h5-6,8-9,20H,7,10H2,1-2H3,(H,17,19,21). The number of aromatic nitrogens is 2. The molecule has 0 aliphatic heterocycles. The third kappa shape index (κ3) is 2.90. The molecule has 5 heteroatoms. The minimum Gasteiger partial charge on any atom is -0.494 e. The Balaban J connectivity index is 2.64. The van der Waals surface area contributed by atoms with Crippen LogP contribution in [0.3, 0.4) is 0 Å².